The number of aliphatic hydroxyl groups excluding tert-OH is 1. The van der Waals surface area contributed by atoms with Crippen LogP contribution in [-0.4, -0.2) is 71.9 Å². The quantitative estimate of drug-likeness (QED) is 0.420. The molecular formula is C15H24N8O3. The summed E-state index contributed by atoms with van der Waals surface area (Å²) in [6.07, 6.45) is 0.863. The number of fused-ring (bicyclic) bond motifs is 1. The first-order valence-corrected chi connectivity index (χ1v) is 8.36. The molecule has 3 heterocycles. The predicted molar refractivity (Wildman–Crippen MR) is 94.7 cm³/mol. The van der Waals surface area contributed by atoms with Gasteiger partial charge < -0.3 is 36.9 Å². The zero-order valence-corrected chi connectivity index (χ0v) is 14.5. The fourth-order valence-corrected chi connectivity index (χ4v) is 3.47. The van der Waals surface area contributed by atoms with E-state index >= 15 is 0 Å². The normalized spacial score (nSPS) is 26.8. The van der Waals surface area contributed by atoms with E-state index in [0.29, 0.717) is 11.2 Å². The van der Waals surface area contributed by atoms with Gasteiger partial charge >= 0.3 is 0 Å². The van der Waals surface area contributed by atoms with Crippen molar-refractivity contribution in [3.63, 3.8) is 0 Å². The molecule has 2 aromatic heterocycles. The first-order valence-electron chi connectivity index (χ1n) is 8.36. The van der Waals surface area contributed by atoms with E-state index in [2.05, 4.69) is 15.0 Å². The maximum atomic E-state index is 12.4. The molecule has 142 valence electrons. The van der Waals surface area contributed by atoms with Gasteiger partial charge in [0.05, 0.1) is 24.1 Å². The van der Waals surface area contributed by atoms with E-state index < -0.39 is 17.7 Å². The Kier molecular flexibility index (Phi) is 4.69. The number of hydrogen-bond donors (Lipinski definition) is 5. The van der Waals surface area contributed by atoms with Crippen LogP contribution in [0.3, 0.4) is 0 Å². The first-order chi connectivity index (χ1) is 12.2. The number of aliphatic hydroxyl groups is 2. The number of β-amino-alcohol motifs (C(OH)–C–C–N with tert-alkyl or cyclic N) is 1. The highest BCUT2D eigenvalue weighted by Crippen LogP contribution is 2.34. The van der Waals surface area contributed by atoms with Crippen LogP contribution in [0.5, 0.6) is 0 Å². The zero-order chi connectivity index (χ0) is 19.1. The molecule has 0 unspecified atom stereocenters. The van der Waals surface area contributed by atoms with Crippen molar-refractivity contribution >= 4 is 28.8 Å². The van der Waals surface area contributed by atoms with E-state index in [1.54, 1.807) is 11.5 Å². The predicted octanol–water partition coefficient (Wildman–Crippen LogP) is -1.78. The van der Waals surface area contributed by atoms with Crippen LogP contribution in [0, 0.1) is 0 Å². The topological polar surface area (TPSA) is 182 Å². The summed E-state index contributed by atoms with van der Waals surface area (Å²) in [5, 5.41) is 21.3. The van der Waals surface area contributed by atoms with Gasteiger partial charge in [0.1, 0.15) is 5.52 Å². The van der Waals surface area contributed by atoms with Crippen molar-refractivity contribution in [1.82, 2.24) is 24.4 Å². The average Bonchev–Trinajstić information content (AvgIpc) is 2.89. The van der Waals surface area contributed by atoms with Gasteiger partial charge in [-0.3, -0.25) is 4.79 Å². The molecule has 3 rings (SSSR count). The van der Waals surface area contributed by atoms with Crippen molar-refractivity contribution in [3.8, 4) is 0 Å². The second-order valence-electron chi connectivity index (χ2n) is 6.86. The Morgan fingerprint density at radius 1 is 1.38 bits per heavy atom. The second-order valence-corrected chi connectivity index (χ2v) is 6.86. The third kappa shape index (κ3) is 3.28. The summed E-state index contributed by atoms with van der Waals surface area (Å²) < 4.78 is 1.63. The van der Waals surface area contributed by atoms with Crippen molar-refractivity contribution < 1.29 is 15.0 Å². The van der Waals surface area contributed by atoms with Crippen LogP contribution < -0.4 is 17.2 Å². The maximum Gasteiger partial charge on any atom is 0.224 e. The SMILES string of the molecule is C[C@@]1(O)C[C@H](O)CN(C(=O)CCN)C[C@H]1n1cnc2c(N)nc(N)nc21. The second kappa shape index (κ2) is 6.67. The van der Waals surface area contributed by atoms with Crippen LogP contribution in [0.15, 0.2) is 6.33 Å². The number of nitrogens with zero attached hydrogens (tertiary/aromatic N) is 5. The smallest absolute Gasteiger partial charge is 0.224 e. The molecule has 26 heavy (non-hydrogen) atoms. The van der Waals surface area contributed by atoms with Crippen LogP contribution >= 0.6 is 0 Å². The number of anilines is 2. The standard InChI is InChI=1S/C15H24N8O3/c1-15(26)4-8(24)5-22(10(25)2-3-16)6-9(15)23-7-19-11-12(17)20-14(18)21-13(11)23/h7-9,24,26H,2-6,16H2,1H3,(H4,17,18,20,21)/t8-,9+,15+/m0/s1. The number of aromatic nitrogens is 4. The Morgan fingerprint density at radius 3 is 2.81 bits per heavy atom. The van der Waals surface area contributed by atoms with Gasteiger partial charge in [0, 0.05) is 32.5 Å². The molecule has 3 atom stereocenters. The minimum atomic E-state index is -1.32. The molecule has 1 fully saturated rings. The summed E-state index contributed by atoms with van der Waals surface area (Å²) in [7, 11) is 0. The van der Waals surface area contributed by atoms with Gasteiger partial charge in [-0.1, -0.05) is 0 Å². The number of carbonyl (C=O) groups excluding carboxylic acids is 1. The van der Waals surface area contributed by atoms with Gasteiger partial charge in [0.15, 0.2) is 11.5 Å². The van der Waals surface area contributed by atoms with E-state index in [1.165, 1.54) is 11.2 Å². The average molecular weight is 364 g/mol. The molecular weight excluding hydrogens is 340 g/mol. The van der Waals surface area contributed by atoms with Crippen LogP contribution in [0.4, 0.5) is 11.8 Å². The van der Waals surface area contributed by atoms with Crippen molar-refractivity contribution in [2.45, 2.75) is 37.5 Å². The summed E-state index contributed by atoms with van der Waals surface area (Å²) in [5.74, 6) is -0.0657. The van der Waals surface area contributed by atoms with Gasteiger partial charge in [-0.05, 0) is 6.92 Å². The lowest BCUT2D eigenvalue weighted by Crippen LogP contribution is -2.43. The van der Waals surface area contributed by atoms with E-state index in [4.69, 9.17) is 17.2 Å². The summed E-state index contributed by atoms with van der Waals surface area (Å²) in [5.41, 5.74) is 16.4. The van der Waals surface area contributed by atoms with Crippen molar-refractivity contribution in [2.75, 3.05) is 31.1 Å². The van der Waals surface area contributed by atoms with E-state index in [9.17, 15) is 15.0 Å². The number of nitrogen functional groups attached to an aromatic ring is 2. The molecule has 2 aromatic rings. The van der Waals surface area contributed by atoms with Crippen LogP contribution in [-0.2, 0) is 4.79 Å². The highest BCUT2D eigenvalue weighted by atomic mass is 16.3. The highest BCUT2D eigenvalue weighted by molar-refractivity contribution is 5.83. The molecule has 0 aliphatic carbocycles. The monoisotopic (exact) mass is 364 g/mol. The fraction of sp³-hybridized carbons (Fsp3) is 0.600. The lowest BCUT2D eigenvalue weighted by Gasteiger charge is -2.34. The molecule has 11 heteroatoms. The number of imidazole rings is 1. The molecule has 1 aliphatic heterocycles. The number of nitrogens with two attached hydrogens (primary N) is 3. The fourth-order valence-electron chi connectivity index (χ4n) is 3.47. The lowest BCUT2D eigenvalue weighted by molar-refractivity contribution is -0.132. The van der Waals surface area contributed by atoms with E-state index in [1.807, 2.05) is 0 Å². The Hall–Kier alpha value is -2.50. The lowest BCUT2D eigenvalue weighted by atomic mass is 9.91. The summed E-state index contributed by atoms with van der Waals surface area (Å²) in [6, 6.07) is -0.611. The molecule has 0 bridgehead atoms. The maximum absolute atomic E-state index is 12.4. The van der Waals surface area contributed by atoms with Crippen LogP contribution in [0.2, 0.25) is 0 Å². The molecule has 8 N–H and O–H groups in total. The Labute approximate surface area is 149 Å². The van der Waals surface area contributed by atoms with Gasteiger partial charge in [-0.25, -0.2) is 4.98 Å². The van der Waals surface area contributed by atoms with Crippen molar-refractivity contribution in [2.24, 2.45) is 5.73 Å². The minimum absolute atomic E-state index is 0.0129. The minimum Gasteiger partial charge on any atom is -0.391 e. The molecule has 0 aromatic carbocycles. The van der Waals surface area contributed by atoms with Gasteiger partial charge in [0.25, 0.3) is 0 Å². The van der Waals surface area contributed by atoms with Gasteiger partial charge in [-0.2, -0.15) is 9.97 Å². The Balaban J connectivity index is 2.06. The molecule has 0 saturated carbocycles. The van der Waals surface area contributed by atoms with Gasteiger partial charge in [-0.15, -0.1) is 0 Å². The Morgan fingerprint density at radius 2 is 2.12 bits per heavy atom. The van der Waals surface area contributed by atoms with E-state index in [-0.39, 0.29) is 50.1 Å². The zero-order valence-electron chi connectivity index (χ0n) is 14.5. The molecule has 0 spiro atoms. The molecule has 1 aliphatic rings. The highest BCUT2D eigenvalue weighted by Gasteiger charge is 2.41. The molecule has 0 radical (unpaired) electrons. The van der Waals surface area contributed by atoms with Crippen molar-refractivity contribution in [1.29, 1.82) is 0 Å². The largest absolute Gasteiger partial charge is 0.391 e. The number of rotatable bonds is 3. The first kappa shape index (κ1) is 18.3. The number of likely N-dealkylation sites (tertiary alicyclic amines) is 1. The number of amides is 1. The number of carbonyl (C=O) groups is 1. The third-order valence-electron chi connectivity index (χ3n) is 4.70. The molecule has 11 nitrogen and oxygen atoms in total. The Bertz CT molecular complexity index is 821. The third-order valence-corrected chi connectivity index (χ3v) is 4.70. The molecule has 1 amide bonds. The summed E-state index contributed by atoms with van der Waals surface area (Å²) in [4.78, 5) is 26.1. The van der Waals surface area contributed by atoms with Crippen LogP contribution in [0.25, 0.3) is 11.2 Å². The van der Waals surface area contributed by atoms with Crippen molar-refractivity contribution in [3.05, 3.63) is 6.33 Å². The van der Waals surface area contributed by atoms with E-state index in [0.717, 1.165) is 0 Å². The molecule has 1 saturated heterocycles. The summed E-state index contributed by atoms with van der Waals surface area (Å²) >= 11 is 0. The van der Waals surface area contributed by atoms with Crippen LogP contribution in [0.1, 0.15) is 25.8 Å². The summed E-state index contributed by atoms with van der Waals surface area (Å²) in [6.45, 7) is 2.11. The van der Waals surface area contributed by atoms with Gasteiger partial charge in [0.2, 0.25) is 11.9 Å². The number of hydrogen-bond acceptors (Lipinski definition) is 9.